The van der Waals surface area contributed by atoms with Crippen molar-refractivity contribution in [3.63, 3.8) is 0 Å². The second-order valence-corrected chi connectivity index (χ2v) is 5.44. The molecular weight excluding hydrogens is 306 g/mol. The third-order valence-electron chi connectivity index (χ3n) is 3.87. The summed E-state index contributed by atoms with van der Waals surface area (Å²) in [4.78, 5) is 15.7. The minimum Gasteiger partial charge on any atom is -0.478 e. The van der Waals surface area contributed by atoms with Crippen molar-refractivity contribution in [1.29, 1.82) is 0 Å². The summed E-state index contributed by atoms with van der Waals surface area (Å²) in [5.41, 5.74) is 3.91. The van der Waals surface area contributed by atoms with E-state index in [2.05, 4.69) is 10.1 Å². The van der Waals surface area contributed by atoms with Crippen LogP contribution in [0.15, 0.2) is 59.4 Å². The fourth-order valence-corrected chi connectivity index (χ4v) is 2.70. The Hall–Kier alpha value is -3.41. The summed E-state index contributed by atoms with van der Waals surface area (Å²) in [5.74, 6) is -0.316. The Balaban J connectivity index is 1.89. The van der Waals surface area contributed by atoms with Gasteiger partial charge in [0.25, 0.3) is 0 Å². The van der Waals surface area contributed by atoms with Gasteiger partial charge in [-0.1, -0.05) is 35.5 Å². The first-order chi connectivity index (χ1) is 11.6. The predicted octanol–water partition coefficient (Wildman–Crippen LogP) is 3.66. The lowest BCUT2D eigenvalue weighted by Gasteiger charge is -1.98. The summed E-state index contributed by atoms with van der Waals surface area (Å²) in [6, 6.07) is 12.8. The number of pyridine rings is 1. The van der Waals surface area contributed by atoms with Gasteiger partial charge < -0.3 is 14.0 Å². The van der Waals surface area contributed by atoms with Crippen molar-refractivity contribution < 1.29 is 14.4 Å². The van der Waals surface area contributed by atoms with Crippen molar-refractivity contribution in [2.45, 2.75) is 6.92 Å². The Bertz CT molecular complexity index is 1050. The van der Waals surface area contributed by atoms with Crippen molar-refractivity contribution >= 4 is 11.6 Å². The van der Waals surface area contributed by atoms with Crippen LogP contribution in [0.25, 0.3) is 28.2 Å². The van der Waals surface area contributed by atoms with E-state index >= 15 is 0 Å². The molecule has 4 rings (SSSR count). The fraction of sp³-hybridized carbons (Fsp3) is 0.0556. The molecule has 0 bridgehead atoms. The quantitative estimate of drug-likeness (QED) is 0.623. The van der Waals surface area contributed by atoms with E-state index in [1.165, 1.54) is 6.07 Å². The van der Waals surface area contributed by atoms with Gasteiger partial charge in [-0.25, -0.2) is 9.78 Å². The van der Waals surface area contributed by atoms with Gasteiger partial charge in [-0.15, -0.1) is 0 Å². The maximum absolute atomic E-state index is 11.1. The van der Waals surface area contributed by atoms with Gasteiger partial charge in [0, 0.05) is 18.0 Å². The highest BCUT2D eigenvalue weighted by Crippen LogP contribution is 2.33. The molecular formula is C18H13N3O3. The van der Waals surface area contributed by atoms with Gasteiger partial charge in [-0.2, -0.15) is 0 Å². The Kier molecular flexibility index (Phi) is 3.16. The van der Waals surface area contributed by atoms with Crippen LogP contribution in [-0.2, 0) is 0 Å². The molecule has 0 aliphatic rings. The van der Waals surface area contributed by atoms with Gasteiger partial charge in [0.1, 0.15) is 17.1 Å². The molecule has 0 saturated carbocycles. The number of fused-ring (bicyclic) bond motifs is 1. The number of aryl methyl sites for hydroxylation is 1. The number of carbonyl (C=O) groups is 1. The molecule has 0 unspecified atom stereocenters. The second kappa shape index (κ2) is 5.34. The minimum absolute atomic E-state index is 0.199. The van der Waals surface area contributed by atoms with Crippen LogP contribution in [0.2, 0.25) is 0 Å². The zero-order chi connectivity index (χ0) is 16.7. The molecule has 3 aromatic heterocycles. The van der Waals surface area contributed by atoms with Crippen LogP contribution in [0.1, 0.15) is 16.1 Å². The molecule has 1 aromatic carbocycles. The second-order valence-electron chi connectivity index (χ2n) is 5.44. The summed E-state index contributed by atoms with van der Waals surface area (Å²) in [7, 11) is 0. The minimum atomic E-state index is -0.979. The largest absolute Gasteiger partial charge is 0.478 e. The van der Waals surface area contributed by atoms with Crippen molar-refractivity contribution in [2.24, 2.45) is 0 Å². The van der Waals surface area contributed by atoms with Crippen LogP contribution in [0, 0.1) is 6.92 Å². The summed E-state index contributed by atoms with van der Waals surface area (Å²) in [6.45, 7) is 1.83. The van der Waals surface area contributed by atoms with Crippen LogP contribution in [0.3, 0.4) is 0 Å². The molecule has 0 spiro atoms. The standard InChI is InChI=1S/C18H13N3O3/c1-11-16(17(20-24-11)12-5-3-2-4-6-12)14-10-21-8-7-13(18(22)23)9-15(21)19-14/h2-10H,1H3,(H,22,23). The molecule has 0 fully saturated rings. The lowest BCUT2D eigenvalue weighted by atomic mass is 10.0. The molecule has 4 aromatic rings. The summed E-state index contributed by atoms with van der Waals surface area (Å²) >= 11 is 0. The normalized spacial score (nSPS) is 11.0. The number of carboxylic acids is 1. The smallest absolute Gasteiger partial charge is 0.335 e. The molecule has 0 aliphatic carbocycles. The Morgan fingerprint density at radius 2 is 2.00 bits per heavy atom. The maximum atomic E-state index is 11.1. The monoisotopic (exact) mass is 319 g/mol. The molecule has 24 heavy (non-hydrogen) atoms. The van der Waals surface area contributed by atoms with Crippen LogP contribution < -0.4 is 0 Å². The molecule has 0 saturated heterocycles. The van der Waals surface area contributed by atoms with Gasteiger partial charge >= 0.3 is 5.97 Å². The van der Waals surface area contributed by atoms with E-state index in [4.69, 9.17) is 9.63 Å². The van der Waals surface area contributed by atoms with Crippen LogP contribution in [0.5, 0.6) is 0 Å². The molecule has 0 aliphatic heterocycles. The fourth-order valence-electron chi connectivity index (χ4n) is 2.70. The SMILES string of the molecule is Cc1onc(-c2ccccc2)c1-c1cn2ccc(C(=O)O)cc2n1. The molecule has 1 N–H and O–H groups in total. The van der Waals surface area contributed by atoms with Crippen molar-refractivity contribution in [2.75, 3.05) is 0 Å². The van der Waals surface area contributed by atoms with E-state index in [1.54, 1.807) is 16.7 Å². The van der Waals surface area contributed by atoms with Crippen LogP contribution >= 0.6 is 0 Å². The van der Waals surface area contributed by atoms with Crippen LogP contribution in [0.4, 0.5) is 0 Å². The lowest BCUT2D eigenvalue weighted by Crippen LogP contribution is -1.96. The van der Waals surface area contributed by atoms with Crippen LogP contribution in [-0.4, -0.2) is 25.6 Å². The average molecular weight is 319 g/mol. The number of hydrogen-bond donors (Lipinski definition) is 1. The van der Waals surface area contributed by atoms with E-state index in [-0.39, 0.29) is 5.56 Å². The van der Waals surface area contributed by atoms with E-state index in [0.717, 1.165) is 16.8 Å². The number of carboxylic acid groups (broad SMARTS) is 1. The first-order valence-electron chi connectivity index (χ1n) is 7.37. The number of aromatic nitrogens is 3. The Morgan fingerprint density at radius 3 is 2.75 bits per heavy atom. The Morgan fingerprint density at radius 1 is 1.21 bits per heavy atom. The molecule has 0 amide bonds. The highest BCUT2D eigenvalue weighted by molar-refractivity contribution is 5.89. The lowest BCUT2D eigenvalue weighted by molar-refractivity contribution is 0.0697. The average Bonchev–Trinajstić information content (AvgIpc) is 3.17. The molecule has 3 heterocycles. The van der Waals surface area contributed by atoms with Gasteiger partial charge in [0.2, 0.25) is 0 Å². The maximum Gasteiger partial charge on any atom is 0.335 e. The van der Waals surface area contributed by atoms with Gasteiger partial charge in [-0.05, 0) is 19.1 Å². The molecule has 6 nitrogen and oxygen atoms in total. The third kappa shape index (κ3) is 2.25. The predicted molar refractivity (Wildman–Crippen MR) is 87.8 cm³/mol. The van der Waals surface area contributed by atoms with E-state index in [1.807, 2.05) is 43.5 Å². The van der Waals surface area contributed by atoms with Gasteiger partial charge in [-0.3, -0.25) is 0 Å². The first-order valence-corrected chi connectivity index (χ1v) is 7.37. The number of hydrogen-bond acceptors (Lipinski definition) is 4. The number of imidazole rings is 1. The summed E-state index contributed by atoms with van der Waals surface area (Å²) in [6.07, 6.45) is 3.52. The third-order valence-corrected chi connectivity index (χ3v) is 3.87. The summed E-state index contributed by atoms with van der Waals surface area (Å²) < 4.78 is 7.15. The van der Waals surface area contributed by atoms with Crippen molar-refractivity contribution in [3.05, 3.63) is 66.2 Å². The summed E-state index contributed by atoms with van der Waals surface area (Å²) in [5, 5.41) is 13.3. The van der Waals surface area contributed by atoms with E-state index in [0.29, 0.717) is 17.1 Å². The van der Waals surface area contributed by atoms with E-state index in [9.17, 15) is 4.79 Å². The molecule has 0 radical (unpaired) electrons. The highest BCUT2D eigenvalue weighted by Gasteiger charge is 2.19. The number of rotatable bonds is 3. The van der Waals surface area contributed by atoms with Gasteiger partial charge in [0.05, 0.1) is 16.8 Å². The number of nitrogens with zero attached hydrogens (tertiary/aromatic N) is 3. The molecule has 6 heteroatoms. The van der Waals surface area contributed by atoms with Gasteiger partial charge in [0.15, 0.2) is 0 Å². The molecule has 118 valence electrons. The first kappa shape index (κ1) is 14.2. The van der Waals surface area contributed by atoms with Crippen molar-refractivity contribution in [3.8, 4) is 22.5 Å². The Labute approximate surface area is 137 Å². The zero-order valence-electron chi connectivity index (χ0n) is 12.8. The highest BCUT2D eigenvalue weighted by atomic mass is 16.5. The van der Waals surface area contributed by atoms with E-state index < -0.39 is 5.97 Å². The zero-order valence-corrected chi connectivity index (χ0v) is 12.8. The number of aromatic carboxylic acids is 1. The number of benzene rings is 1. The topological polar surface area (TPSA) is 80.6 Å². The van der Waals surface area contributed by atoms with Crippen molar-refractivity contribution in [1.82, 2.24) is 14.5 Å². The molecule has 0 atom stereocenters.